The molecule has 0 radical (unpaired) electrons. The topological polar surface area (TPSA) is 9.23 Å². The van der Waals surface area contributed by atoms with Crippen molar-refractivity contribution in [1.29, 1.82) is 0 Å². The molecule has 142 valence electrons. The van der Waals surface area contributed by atoms with Gasteiger partial charge in [0.2, 0.25) is 0 Å². The quantitative estimate of drug-likeness (QED) is 0.189. The van der Waals surface area contributed by atoms with E-state index in [9.17, 15) is 0 Å². The SMILES string of the molecule is C#CCCCCCCCCC[C@@H](O[Si](C)(C)C(C)(C)C)[C@@H](C)CC. The minimum absolute atomic E-state index is 0.303. The molecule has 0 rings (SSSR count). The Balaban J connectivity index is 4.12. The molecule has 2 atom stereocenters. The van der Waals surface area contributed by atoms with Gasteiger partial charge in [-0.05, 0) is 36.9 Å². The lowest BCUT2D eigenvalue weighted by Gasteiger charge is -2.41. The summed E-state index contributed by atoms with van der Waals surface area (Å²) in [6, 6.07) is 0. The summed E-state index contributed by atoms with van der Waals surface area (Å²) < 4.78 is 6.75. The molecule has 0 amide bonds. The lowest BCUT2D eigenvalue weighted by Crippen LogP contribution is -2.45. The van der Waals surface area contributed by atoms with Gasteiger partial charge in [-0.15, -0.1) is 12.3 Å². The molecule has 0 aliphatic rings. The second-order valence-corrected chi connectivity index (χ2v) is 13.8. The standard InChI is InChI=1S/C22H44OSi/c1-9-11-12-13-14-15-16-17-18-19-21(20(3)10-2)23-24(7,8)22(4,5)6/h1,20-21H,10-19H2,2-8H3/t20-,21+/m0/s1. The van der Waals surface area contributed by atoms with Gasteiger partial charge in [0.25, 0.3) is 0 Å². The van der Waals surface area contributed by atoms with Crippen molar-refractivity contribution in [2.45, 2.75) is 123 Å². The number of rotatable bonds is 13. The van der Waals surface area contributed by atoms with Crippen LogP contribution in [0.3, 0.4) is 0 Å². The van der Waals surface area contributed by atoms with Gasteiger partial charge in [0.1, 0.15) is 0 Å². The van der Waals surface area contributed by atoms with Gasteiger partial charge in [0, 0.05) is 12.5 Å². The van der Waals surface area contributed by atoms with Crippen LogP contribution in [0.15, 0.2) is 0 Å². The number of unbranched alkanes of at least 4 members (excludes halogenated alkanes) is 7. The minimum Gasteiger partial charge on any atom is -0.414 e. The summed E-state index contributed by atoms with van der Waals surface area (Å²) in [6.45, 7) is 16.5. The minimum atomic E-state index is -1.66. The zero-order chi connectivity index (χ0) is 18.6. The zero-order valence-electron chi connectivity index (χ0n) is 17.7. The maximum absolute atomic E-state index is 6.75. The zero-order valence-corrected chi connectivity index (χ0v) is 18.7. The highest BCUT2D eigenvalue weighted by molar-refractivity contribution is 6.74. The van der Waals surface area contributed by atoms with Crippen LogP contribution in [0.4, 0.5) is 0 Å². The molecule has 0 fully saturated rings. The highest BCUT2D eigenvalue weighted by Gasteiger charge is 2.39. The van der Waals surface area contributed by atoms with Crippen LogP contribution in [0.2, 0.25) is 18.1 Å². The van der Waals surface area contributed by atoms with E-state index in [-0.39, 0.29) is 0 Å². The van der Waals surface area contributed by atoms with E-state index in [1.54, 1.807) is 0 Å². The summed E-state index contributed by atoms with van der Waals surface area (Å²) in [5.41, 5.74) is 0. The lowest BCUT2D eigenvalue weighted by atomic mass is 9.96. The number of hydrogen-bond acceptors (Lipinski definition) is 1. The van der Waals surface area contributed by atoms with E-state index in [4.69, 9.17) is 10.8 Å². The van der Waals surface area contributed by atoms with Crippen LogP contribution in [0, 0.1) is 18.3 Å². The van der Waals surface area contributed by atoms with Crippen LogP contribution < -0.4 is 0 Å². The summed E-state index contributed by atoms with van der Waals surface area (Å²) in [7, 11) is -1.66. The Morgan fingerprint density at radius 1 is 0.958 bits per heavy atom. The maximum Gasteiger partial charge on any atom is 0.192 e. The van der Waals surface area contributed by atoms with Crippen LogP contribution in [0.1, 0.15) is 98.8 Å². The molecule has 0 N–H and O–H groups in total. The maximum atomic E-state index is 6.75. The van der Waals surface area contributed by atoms with Gasteiger partial charge < -0.3 is 4.43 Å². The normalized spacial score (nSPS) is 15.1. The second-order valence-electron chi connectivity index (χ2n) is 9.02. The second kappa shape index (κ2) is 12.1. The van der Waals surface area contributed by atoms with Gasteiger partial charge in [0.15, 0.2) is 8.32 Å². The third kappa shape index (κ3) is 9.89. The molecule has 0 aromatic heterocycles. The molecule has 0 unspecified atom stereocenters. The van der Waals surface area contributed by atoms with Gasteiger partial charge in [-0.1, -0.05) is 79.6 Å². The van der Waals surface area contributed by atoms with Crippen molar-refractivity contribution in [3.8, 4) is 12.3 Å². The lowest BCUT2D eigenvalue weighted by molar-refractivity contribution is 0.111. The summed E-state index contributed by atoms with van der Waals surface area (Å²) in [5.74, 6) is 3.40. The molecule has 0 aliphatic heterocycles. The summed E-state index contributed by atoms with van der Waals surface area (Å²) in [6.07, 6.45) is 18.4. The van der Waals surface area contributed by atoms with Crippen molar-refractivity contribution in [3.05, 3.63) is 0 Å². The Morgan fingerprint density at radius 3 is 1.92 bits per heavy atom. The Morgan fingerprint density at radius 2 is 1.46 bits per heavy atom. The molecule has 0 saturated heterocycles. The molecule has 24 heavy (non-hydrogen) atoms. The average Bonchev–Trinajstić information content (AvgIpc) is 2.50. The Labute approximate surface area is 154 Å². The van der Waals surface area contributed by atoms with Crippen molar-refractivity contribution in [2.75, 3.05) is 0 Å². The highest BCUT2D eigenvalue weighted by atomic mass is 28.4. The third-order valence-corrected chi connectivity index (χ3v) is 10.3. The predicted octanol–water partition coefficient (Wildman–Crippen LogP) is 7.57. The van der Waals surface area contributed by atoms with Gasteiger partial charge >= 0.3 is 0 Å². The Kier molecular flexibility index (Phi) is 12.0. The summed E-state index contributed by atoms with van der Waals surface area (Å²) >= 11 is 0. The molecule has 0 aromatic carbocycles. The van der Waals surface area contributed by atoms with Crippen LogP contribution in [-0.4, -0.2) is 14.4 Å². The first-order valence-electron chi connectivity index (χ1n) is 10.3. The van der Waals surface area contributed by atoms with Gasteiger partial charge in [0.05, 0.1) is 0 Å². The smallest absolute Gasteiger partial charge is 0.192 e. The van der Waals surface area contributed by atoms with Crippen molar-refractivity contribution >= 4 is 8.32 Å². The van der Waals surface area contributed by atoms with E-state index in [0.29, 0.717) is 17.1 Å². The summed E-state index contributed by atoms with van der Waals surface area (Å²) in [5, 5.41) is 0.303. The van der Waals surface area contributed by atoms with Crippen LogP contribution in [0.5, 0.6) is 0 Å². The van der Waals surface area contributed by atoms with Gasteiger partial charge in [-0.2, -0.15) is 0 Å². The van der Waals surface area contributed by atoms with Crippen molar-refractivity contribution in [1.82, 2.24) is 0 Å². The van der Waals surface area contributed by atoms with Crippen LogP contribution in [-0.2, 0) is 4.43 Å². The van der Waals surface area contributed by atoms with Gasteiger partial charge in [-0.25, -0.2) is 0 Å². The van der Waals surface area contributed by atoms with Crippen molar-refractivity contribution in [3.63, 3.8) is 0 Å². The molecule has 0 heterocycles. The van der Waals surface area contributed by atoms with E-state index in [1.165, 1.54) is 57.8 Å². The average molecular weight is 353 g/mol. The molecular formula is C22H44OSi. The molecule has 0 bridgehead atoms. The van der Waals surface area contributed by atoms with E-state index in [1.807, 2.05) is 0 Å². The fourth-order valence-electron chi connectivity index (χ4n) is 2.73. The van der Waals surface area contributed by atoms with Crippen LogP contribution >= 0.6 is 0 Å². The molecule has 0 aromatic rings. The number of hydrogen-bond donors (Lipinski definition) is 0. The largest absolute Gasteiger partial charge is 0.414 e. The summed E-state index contributed by atoms with van der Waals surface area (Å²) in [4.78, 5) is 0. The van der Waals surface area contributed by atoms with E-state index >= 15 is 0 Å². The van der Waals surface area contributed by atoms with Crippen molar-refractivity contribution < 1.29 is 4.43 Å². The van der Waals surface area contributed by atoms with E-state index < -0.39 is 8.32 Å². The fraction of sp³-hybridized carbons (Fsp3) is 0.909. The third-order valence-electron chi connectivity index (χ3n) is 5.84. The Bertz CT molecular complexity index is 348. The monoisotopic (exact) mass is 352 g/mol. The first kappa shape index (κ1) is 23.7. The molecule has 2 heteroatoms. The van der Waals surface area contributed by atoms with E-state index in [0.717, 1.165) is 6.42 Å². The van der Waals surface area contributed by atoms with E-state index in [2.05, 4.69) is 53.6 Å². The number of terminal acetylenes is 1. The van der Waals surface area contributed by atoms with Crippen molar-refractivity contribution in [2.24, 2.45) is 5.92 Å². The van der Waals surface area contributed by atoms with Crippen LogP contribution in [0.25, 0.3) is 0 Å². The highest BCUT2D eigenvalue weighted by Crippen LogP contribution is 2.39. The molecule has 0 aliphatic carbocycles. The molecule has 1 nitrogen and oxygen atoms in total. The Hall–Kier alpha value is -0.263. The van der Waals surface area contributed by atoms with Gasteiger partial charge in [-0.3, -0.25) is 0 Å². The fourth-order valence-corrected chi connectivity index (χ4v) is 4.19. The first-order valence-corrected chi connectivity index (χ1v) is 13.2. The molecular weight excluding hydrogens is 308 g/mol. The first-order chi connectivity index (χ1) is 11.2. The molecule has 0 spiro atoms. The predicted molar refractivity (Wildman–Crippen MR) is 112 cm³/mol. The molecule has 0 saturated carbocycles.